The van der Waals surface area contributed by atoms with Crippen LogP contribution in [0.15, 0.2) is 34.7 Å². The van der Waals surface area contributed by atoms with E-state index in [1.165, 1.54) is 0 Å². The fraction of sp³-hybridized carbons (Fsp3) is 0.421. The van der Waals surface area contributed by atoms with Crippen LogP contribution in [0.1, 0.15) is 25.4 Å². The number of carbonyl (C=O) groups is 1. The molecule has 0 saturated carbocycles. The Balaban J connectivity index is 2.06. The molecule has 6 heteroatoms. The molecule has 2 aromatic rings. The maximum absolute atomic E-state index is 12.5. The molecule has 1 N–H and O–H groups in total. The summed E-state index contributed by atoms with van der Waals surface area (Å²) in [4.78, 5) is 14.6. The van der Waals surface area contributed by atoms with E-state index < -0.39 is 0 Å². The van der Waals surface area contributed by atoms with Gasteiger partial charge in [-0.2, -0.15) is 0 Å². The Kier molecular flexibility index (Phi) is 6.47. The standard InChI is InChI=1S/C19H26N2O4/c1-13(2)21(11-16-7-6-14(3)25-16)12-19(22)20-17-10-15(23-4)8-9-18(17)24-5/h6-10,13H,11-12H2,1-5H3,(H,20,22). The summed E-state index contributed by atoms with van der Waals surface area (Å²) >= 11 is 0. The van der Waals surface area contributed by atoms with Gasteiger partial charge in [0.05, 0.1) is 33.0 Å². The number of methoxy groups -OCH3 is 2. The Hall–Kier alpha value is -2.47. The van der Waals surface area contributed by atoms with Crippen molar-refractivity contribution in [2.24, 2.45) is 0 Å². The first-order chi connectivity index (χ1) is 11.9. The lowest BCUT2D eigenvalue weighted by molar-refractivity contribution is -0.117. The molecule has 0 aliphatic heterocycles. The lowest BCUT2D eigenvalue weighted by Gasteiger charge is -2.25. The zero-order valence-electron chi connectivity index (χ0n) is 15.5. The van der Waals surface area contributed by atoms with Gasteiger partial charge in [-0.15, -0.1) is 0 Å². The number of nitrogens with one attached hydrogen (secondary N) is 1. The maximum atomic E-state index is 12.5. The zero-order chi connectivity index (χ0) is 18.4. The first kappa shape index (κ1) is 18.9. The molecule has 1 amide bonds. The van der Waals surface area contributed by atoms with E-state index in [9.17, 15) is 4.79 Å². The van der Waals surface area contributed by atoms with Crippen LogP contribution in [0.4, 0.5) is 5.69 Å². The number of carbonyl (C=O) groups excluding carboxylic acids is 1. The van der Waals surface area contributed by atoms with Gasteiger partial charge in [0, 0.05) is 12.1 Å². The average Bonchev–Trinajstić information content (AvgIpc) is 2.99. The van der Waals surface area contributed by atoms with E-state index >= 15 is 0 Å². The molecule has 25 heavy (non-hydrogen) atoms. The molecular weight excluding hydrogens is 320 g/mol. The first-order valence-corrected chi connectivity index (χ1v) is 8.24. The first-order valence-electron chi connectivity index (χ1n) is 8.24. The lowest BCUT2D eigenvalue weighted by atomic mass is 10.2. The smallest absolute Gasteiger partial charge is 0.238 e. The third kappa shape index (κ3) is 5.26. The molecule has 136 valence electrons. The molecule has 0 bridgehead atoms. The van der Waals surface area contributed by atoms with Crippen molar-refractivity contribution < 1.29 is 18.7 Å². The second kappa shape index (κ2) is 8.58. The molecule has 2 rings (SSSR count). The molecule has 1 aromatic heterocycles. The van der Waals surface area contributed by atoms with Crippen LogP contribution in [-0.2, 0) is 11.3 Å². The van der Waals surface area contributed by atoms with Gasteiger partial charge in [0.15, 0.2) is 0 Å². The highest BCUT2D eigenvalue weighted by Crippen LogP contribution is 2.28. The van der Waals surface area contributed by atoms with Gasteiger partial charge < -0.3 is 19.2 Å². The summed E-state index contributed by atoms with van der Waals surface area (Å²) in [6.07, 6.45) is 0. The maximum Gasteiger partial charge on any atom is 0.238 e. The van der Waals surface area contributed by atoms with E-state index in [0.717, 1.165) is 11.5 Å². The number of hydrogen-bond donors (Lipinski definition) is 1. The number of anilines is 1. The number of ether oxygens (including phenoxy) is 2. The van der Waals surface area contributed by atoms with Crippen LogP contribution in [-0.4, -0.2) is 37.6 Å². The van der Waals surface area contributed by atoms with Crippen LogP contribution in [0.3, 0.4) is 0 Å². The summed E-state index contributed by atoms with van der Waals surface area (Å²) in [5.74, 6) is 2.83. The highest BCUT2D eigenvalue weighted by Gasteiger charge is 2.17. The van der Waals surface area contributed by atoms with E-state index in [-0.39, 0.29) is 18.5 Å². The predicted molar refractivity (Wildman–Crippen MR) is 97.2 cm³/mol. The number of nitrogens with zero attached hydrogens (tertiary/aromatic N) is 1. The minimum Gasteiger partial charge on any atom is -0.497 e. The predicted octanol–water partition coefficient (Wildman–Crippen LogP) is 3.45. The highest BCUT2D eigenvalue weighted by molar-refractivity contribution is 5.94. The zero-order valence-corrected chi connectivity index (χ0v) is 15.5. The Morgan fingerprint density at radius 2 is 1.96 bits per heavy atom. The molecule has 0 radical (unpaired) electrons. The number of aryl methyl sites for hydroxylation is 1. The minimum atomic E-state index is -0.122. The normalized spacial score (nSPS) is 11.0. The third-order valence-electron chi connectivity index (χ3n) is 3.91. The molecule has 0 fully saturated rings. The molecule has 0 unspecified atom stereocenters. The van der Waals surface area contributed by atoms with Gasteiger partial charge in [0.2, 0.25) is 5.91 Å². The molecule has 0 aliphatic carbocycles. The van der Waals surface area contributed by atoms with Crippen LogP contribution in [0, 0.1) is 6.92 Å². The van der Waals surface area contributed by atoms with Crippen LogP contribution < -0.4 is 14.8 Å². The van der Waals surface area contributed by atoms with Crippen LogP contribution in [0.5, 0.6) is 11.5 Å². The molecule has 0 aliphatic rings. The van der Waals surface area contributed by atoms with Gasteiger partial charge in [-0.05, 0) is 45.0 Å². The summed E-state index contributed by atoms with van der Waals surface area (Å²) in [6, 6.07) is 9.35. The highest BCUT2D eigenvalue weighted by atomic mass is 16.5. The van der Waals surface area contributed by atoms with E-state index in [1.54, 1.807) is 32.4 Å². The van der Waals surface area contributed by atoms with Gasteiger partial charge >= 0.3 is 0 Å². The van der Waals surface area contributed by atoms with E-state index in [2.05, 4.69) is 19.2 Å². The van der Waals surface area contributed by atoms with Crippen LogP contribution in [0.2, 0.25) is 0 Å². The van der Waals surface area contributed by atoms with E-state index in [0.29, 0.717) is 23.7 Å². The number of hydrogen-bond acceptors (Lipinski definition) is 5. The van der Waals surface area contributed by atoms with Gasteiger partial charge in [0.25, 0.3) is 0 Å². The Bertz CT molecular complexity index is 709. The summed E-state index contributed by atoms with van der Waals surface area (Å²) < 4.78 is 16.1. The van der Waals surface area contributed by atoms with Crippen molar-refractivity contribution in [3.05, 3.63) is 41.9 Å². The second-order valence-electron chi connectivity index (χ2n) is 6.13. The van der Waals surface area contributed by atoms with Crippen molar-refractivity contribution in [2.45, 2.75) is 33.4 Å². The van der Waals surface area contributed by atoms with Gasteiger partial charge in [-0.25, -0.2) is 0 Å². The summed E-state index contributed by atoms with van der Waals surface area (Å²) in [5.41, 5.74) is 0.587. The molecule has 6 nitrogen and oxygen atoms in total. The number of benzene rings is 1. The molecule has 0 spiro atoms. The average molecular weight is 346 g/mol. The number of amides is 1. The minimum absolute atomic E-state index is 0.122. The largest absolute Gasteiger partial charge is 0.497 e. The Morgan fingerprint density at radius 1 is 1.20 bits per heavy atom. The van der Waals surface area contributed by atoms with Gasteiger partial charge in [-0.1, -0.05) is 0 Å². The monoisotopic (exact) mass is 346 g/mol. The summed E-state index contributed by atoms with van der Waals surface area (Å²) in [6.45, 7) is 6.83. The van der Waals surface area contributed by atoms with Crippen molar-refractivity contribution in [2.75, 3.05) is 26.1 Å². The molecular formula is C19H26N2O4. The molecule has 1 heterocycles. The number of rotatable bonds is 8. The summed E-state index contributed by atoms with van der Waals surface area (Å²) in [7, 11) is 3.15. The van der Waals surface area contributed by atoms with Crippen LogP contribution in [0.25, 0.3) is 0 Å². The Labute approximate surface area is 148 Å². The van der Waals surface area contributed by atoms with Crippen molar-refractivity contribution in [3.8, 4) is 11.5 Å². The van der Waals surface area contributed by atoms with Crippen molar-refractivity contribution >= 4 is 11.6 Å². The number of furan rings is 1. The van der Waals surface area contributed by atoms with Gasteiger partial charge in [-0.3, -0.25) is 9.69 Å². The van der Waals surface area contributed by atoms with Crippen molar-refractivity contribution in [1.29, 1.82) is 0 Å². The summed E-state index contributed by atoms with van der Waals surface area (Å²) in [5, 5.41) is 2.90. The third-order valence-corrected chi connectivity index (χ3v) is 3.91. The topological polar surface area (TPSA) is 63.9 Å². The van der Waals surface area contributed by atoms with Crippen molar-refractivity contribution in [1.82, 2.24) is 4.90 Å². The molecule has 1 aromatic carbocycles. The fourth-order valence-electron chi connectivity index (χ4n) is 2.48. The van der Waals surface area contributed by atoms with Crippen LogP contribution >= 0.6 is 0 Å². The molecule has 0 atom stereocenters. The van der Waals surface area contributed by atoms with Gasteiger partial charge in [0.1, 0.15) is 23.0 Å². The van der Waals surface area contributed by atoms with E-state index in [1.807, 2.05) is 24.0 Å². The Morgan fingerprint density at radius 3 is 2.52 bits per heavy atom. The lowest BCUT2D eigenvalue weighted by Crippen LogP contribution is -2.37. The fourth-order valence-corrected chi connectivity index (χ4v) is 2.48. The second-order valence-corrected chi connectivity index (χ2v) is 6.13. The quantitative estimate of drug-likeness (QED) is 0.793. The van der Waals surface area contributed by atoms with Crippen molar-refractivity contribution in [3.63, 3.8) is 0 Å². The SMILES string of the molecule is COc1ccc(OC)c(NC(=O)CN(Cc2ccc(C)o2)C(C)C)c1. The molecule has 0 saturated heterocycles. The van der Waals surface area contributed by atoms with E-state index in [4.69, 9.17) is 13.9 Å².